The first-order chi connectivity index (χ1) is 20.1. The molecule has 0 saturated carbocycles. The van der Waals surface area contributed by atoms with Crippen LogP contribution in [-0.2, 0) is 20.9 Å². The van der Waals surface area contributed by atoms with Crippen LogP contribution in [0.1, 0.15) is 12.5 Å². The Bertz CT molecular complexity index is 1590. The van der Waals surface area contributed by atoms with Crippen LogP contribution in [0.15, 0.2) is 69.7 Å². The molecule has 3 rings (SSSR count). The fourth-order valence-corrected chi connectivity index (χ4v) is 4.23. The summed E-state index contributed by atoms with van der Waals surface area (Å²) in [5.41, 5.74) is -0.281. The average molecular weight is 594 g/mol. The Balaban J connectivity index is 2.17. The Hall–Kier alpha value is -5.56. The number of nitrogens with zero attached hydrogens (tertiary/aromatic N) is 6. The largest absolute Gasteiger partial charge is 0.494 e. The first kappa shape index (κ1) is 31.0. The molecule has 0 bridgehead atoms. The predicted octanol–water partition coefficient (Wildman–Crippen LogP) is 5.99. The van der Waals surface area contributed by atoms with Crippen LogP contribution >= 0.6 is 11.9 Å². The van der Waals surface area contributed by atoms with Gasteiger partial charge in [-0.15, -0.1) is 10.2 Å². The van der Waals surface area contributed by atoms with Crippen molar-refractivity contribution >= 4 is 57.9 Å². The molecule has 3 aromatic carbocycles. The van der Waals surface area contributed by atoms with Gasteiger partial charge in [-0.2, -0.15) is 0 Å². The highest BCUT2D eigenvalue weighted by Crippen LogP contribution is 2.43. The van der Waals surface area contributed by atoms with Crippen LogP contribution in [0.2, 0.25) is 0 Å². The predicted molar refractivity (Wildman–Crippen MR) is 153 cm³/mol. The number of azo groups is 1. The van der Waals surface area contributed by atoms with E-state index < -0.39 is 33.1 Å². The summed E-state index contributed by atoms with van der Waals surface area (Å²) < 4.78 is 13.5. The van der Waals surface area contributed by atoms with E-state index in [2.05, 4.69) is 19.8 Å². The lowest BCUT2D eigenvalue weighted by molar-refractivity contribution is -0.395. The van der Waals surface area contributed by atoms with Gasteiger partial charge in [0.2, 0.25) is 5.91 Å². The Morgan fingerprint density at radius 2 is 1.69 bits per heavy atom. The van der Waals surface area contributed by atoms with Crippen LogP contribution < -0.4 is 15.0 Å². The standard InChI is InChI=1S/C26H23N7O8S/c1-16(34)28-18-10-22(31(15-26(35)41-4)14-17-8-6-5-7-9-17)24(40-3)11-19(18)29-30-20-12-25(42-27-2)23(33(38)39)13-21(20)32(36)37/h5-13H,14-15H2,1,3-4H3,(H,28,34). The van der Waals surface area contributed by atoms with Crippen molar-refractivity contribution < 1.29 is 28.9 Å². The zero-order chi connectivity index (χ0) is 30.8. The first-order valence-electron chi connectivity index (χ1n) is 11.9. The molecule has 0 atom stereocenters. The van der Waals surface area contributed by atoms with Crippen LogP contribution in [0.25, 0.3) is 4.25 Å². The van der Waals surface area contributed by atoms with Crippen molar-refractivity contribution in [3.63, 3.8) is 0 Å². The smallest absolute Gasteiger partial charge is 0.325 e. The number of methoxy groups -OCH3 is 2. The van der Waals surface area contributed by atoms with Gasteiger partial charge in [0.15, 0.2) is 10.6 Å². The van der Waals surface area contributed by atoms with Crippen LogP contribution in [0.5, 0.6) is 5.75 Å². The van der Waals surface area contributed by atoms with E-state index in [4.69, 9.17) is 16.0 Å². The monoisotopic (exact) mass is 593 g/mol. The maximum atomic E-state index is 12.3. The first-order valence-corrected chi connectivity index (χ1v) is 12.6. The fraction of sp³-hybridized carbons (Fsp3) is 0.192. The van der Waals surface area contributed by atoms with Crippen molar-refractivity contribution in [1.29, 1.82) is 0 Å². The lowest BCUT2D eigenvalue weighted by Crippen LogP contribution is -2.30. The number of carbonyl (C=O) groups excluding carboxylic acids is 2. The topological polar surface area (TPSA) is 183 Å². The number of hydrogen-bond donors (Lipinski definition) is 1. The molecule has 1 amide bonds. The van der Waals surface area contributed by atoms with Crippen molar-refractivity contribution in [1.82, 2.24) is 0 Å². The maximum Gasteiger partial charge on any atom is 0.325 e. The highest BCUT2D eigenvalue weighted by Gasteiger charge is 2.28. The van der Waals surface area contributed by atoms with Gasteiger partial charge < -0.3 is 19.7 Å². The van der Waals surface area contributed by atoms with E-state index >= 15 is 0 Å². The molecule has 0 spiro atoms. The van der Waals surface area contributed by atoms with Gasteiger partial charge in [-0.25, -0.2) is 10.8 Å². The summed E-state index contributed by atoms with van der Waals surface area (Å²) in [5.74, 6) is -0.779. The number of anilines is 2. The van der Waals surface area contributed by atoms with Crippen molar-refractivity contribution in [2.75, 3.05) is 31.0 Å². The molecule has 0 aliphatic heterocycles. The van der Waals surface area contributed by atoms with Gasteiger partial charge in [0.05, 0.1) is 41.5 Å². The molecule has 0 aliphatic carbocycles. The number of nitro groups is 2. The Morgan fingerprint density at radius 1 is 1.02 bits per heavy atom. The van der Waals surface area contributed by atoms with Gasteiger partial charge in [-0.1, -0.05) is 30.3 Å². The van der Waals surface area contributed by atoms with Gasteiger partial charge in [-0.3, -0.25) is 29.8 Å². The normalized spacial score (nSPS) is 10.5. The highest BCUT2D eigenvalue weighted by molar-refractivity contribution is 8.01. The van der Waals surface area contributed by atoms with Crippen LogP contribution in [0.3, 0.4) is 0 Å². The average Bonchev–Trinajstić information content (AvgIpc) is 2.95. The van der Waals surface area contributed by atoms with E-state index in [0.29, 0.717) is 23.7 Å². The third-order valence-corrected chi connectivity index (χ3v) is 6.19. The number of ether oxygens (including phenoxy) is 2. The molecule has 216 valence electrons. The van der Waals surface area contributed by atoms with E-state index in [1.807, 2.05) is 30.3 Å². The van der Waals surface area contributed by atoms with Gasteiger partial charge in [0.1, 0.15) is 18.0 Å². The number of nitro benzene ring substituents is 2. The molecular weight excluding hydrogens is 570 g/mol. The van der Waals surface area contributed by atoms with Crippen LogP contribution in [0.4, 0.5) is 34.1 Å². The number of benzene rings is 3. The minimum absolute atomic E-state index is 0.0237. The summed E-state index contributed by atoms with van der Waals surface area (Å²) in [6.45, 7) is 8.39. The molecule has 0 saturated heterocycles. The number of nitrogens with one attached hydrogen (secondary N) is 1. The van der Waals surface area contributed by atoms with Crippen molar-refractivity contribution in [3.8, 4) is 5.75 Å². The molecule has 16 heteroatoms. The molecule has 42 heavy (non-hydrogen) atoms. The Labute approximate surface area is 243 Å². The van der Waals surface area contributed by atoms with Gasteiger partial charge in [-0.05, 0) is 11.6 Å². The molecule has 15 nitrogen and oxygen atoms in total. The number of rotatable bonds is 12. The minimum Gasteiger partial charge on any atom is -0.494 e. The second-order valence-corrected chi connectivity index (χ2v) is 9.15. The molecule has 0 aromatic heterocycles. The third-order valence-electron chi connectivity index (χ3n) is 5.57. The maximum absolute atomic E-state index is 12.3. The highest BCUT2D eigenvalue weighted by atomic mass is 32.2. The van der Waals surface area contributed by atoms with Gasteiger partial charge in [0.25, 0.3) is 5.69 Å². The molecule has 1 N–H and O–H groups in total. The minimum atomic E-state index is -0.861. The number of hydrogen-bond acceptors (Lipinski definition) is 12. The van der Waals surface area contributed by atoms with Gasteiger partial charge in [0, 0.05) is 25.6 Å². The summed E-state index contributed by atoms with van der Waals surface area (Å²) in [6.07, 6.45) is 0. The summed E-state index contributed by atoms with van der Waals surface area (Å²) in [6, 6.07) is 13.9. The molecular formula is C26H23N7O8S. The number of amides is 1. The zero-order valence-electron chi connectivity index (χ0n) is 22.5. The van der Waals surface area contributed by atoms with Crippen molar-refractivity contribution in [2.45, 2.75) is 18.4 Å². The van der Waals surface area contributed by atoms with E-state index in [1.54, 1.807) is 4.90 Å². The second-order valence-electron chi connectivity index (χ2n) is 8.35. The second kappa shape index (κ2) is 14.2. The van der Waals surface area contributed by atoms with Crippen LogP contribution in [0, 0.1) is 26.8 Å². The molecule has 0 heterocycles. The Morgan fingerprint density at radius 3 is 2.26 bits per heavy atom. The third kappa shape index (κ3) is 7.76. The number of carbonyl (C=O) groups is 2. The Kier molecular flexibility index (Phi) is 10.5. The number of esters is 1. The molecule has 0 radical (unpaired) electrons. The van der Waals surface area contributed by atoms with Gasteiger partial charge >= 0.3 is 23.6 Å². The molecule has 0 fully saturated rings. The van der Waals surface area contributed by atoms with E-state index in [1.165, 1.54) is 33.3 Å². The lowest BCUT2D eigenvalue weighted by atomic mass is 10.1. The summed E-state index contributed by atoms with van der Waals surface area (Å²) in [7, 11) is 2.64. The van der Waals surface area contributed by atoms with E-state index in [0.717, 1.165) is 11.6 Å². The van der Waals surface area contributed by atoms with E-state index in [-0.39, 0.29) is 40.8 Å². The zero-order valence-corrected chi connectivity index (χ0v) is 23.3. The lowest BCUT2D eigenvalue weighted by Gasteiger charge is -2.26. The van der Waals surface area contributed by atoms with E-state index in [9.17, 15) is 29.8 Å². The summed E-state index contributed by atoms with van der Waals surface area (Å²) in [5, 5.41) is 33.7. The molecule has 0 aliphatic rings. The van der Waals surface area contributed by atoms with Crippen molar-refractivity contribution in [3.05, 3.63) is 91.2 Å². The molecule has 3 aromatic rings. The summed E-state index contributed by atoms with van der Waals surface area (Å²) >= 11 is 0.422. The van der Waals surface area contributed by atoms with Crippen LogP contribution in [-0.4, -0.2) is 42.5 Å². The fourth-order valence-electron chi connectivity index (χ4n) is 3.74. The quantitative estimate of drug-likeness (QED) is 0.0653. The van der Waals surface area contributed by atoms with Crippen molar-refractivity contribution in [2.24, 2.45) is 10.2 Å². The molecule has 0 unspecified atom stereocenters. The SMILES string of the molecule is [C-]#[N+]Sc1cc(N=Nc2cc(OC)c(N(CC(=O)OC)Cc3ccccc3)cc2NC(C)=O)c([N+](=O)[O-])cc1[N+](=O)[O-]. The summed E-state index contributed by atoms with van der Waals surface area (Å²) in [4.78, 5) is 47.2.